The summed E-state index contributed by atoms with van der Waals surface area (Å²) in [6.07, 6.45) is 6.74. The van der Waals surface area contributed by atoms with Gasteiger partial charge in [-0.05, 0) is 75.5 Å². The number of aromatic nitrogens is 1. The number of carbonyl (C=O) groups excluding carboxylic acids is 3. The van der Waals surface area contributed by atoms with Gasteiger partial charge in [-0.25, -0.2) is 18.2 Å². The summed E-state index contributed by atoms with van der Waals surface area (Å²) in [5.41, 5.74) is -0.623. The van der Waals surface area contributed by atoms with Crippen LogP contribution in [-0.2, 0) is 24.4 Å². The Labute approximate surface area is 316 Å². The molecule has 1 aromatic heterocycles. The van der Waals surface area contributed by atoms with Crippen molar-refractivity contribution in [1.82, 2.24) is 25.2 Å². The summed E-state index contributed by atoms with van der Waals surface area (Å²) in [7, 11) is 1.38. The summed E-state index contributed by atoms with van der Waals surface area (Å²) in [4.78, 5) is 62.8. The fraction of sp³-hybridized carbons (Fsp3) is 0.605. The van der Waals surface area contributed by atoms with Gasteiger partial charge < -0.3 is 35.0 Å². The highest BCUT2D eigenvalue weighted by Gasteiger charge is 2.63. The Morgan fingerprint density at radius 3 is 2.56 bits per heavy atom. The average Bonchev–Trinajstić information content (AvgIpc) is 4.00. The second kappa shape index (κ2) is 14.9. The minimum atomic E-state index is -4.01. The van der Waals surface area contributed by atoms with E-state index in [0.29, 0.717) is 43.2 Å². The molecule has 2 aliphatic carbocycles. The molecule has 2 aromatic rings. The third-order valence-electron chi connectivity index (χ3n) is 11.7. The molecule has 1 saturated heterocycles. The SMILES string of the molecule is CC[C@@H]1C[C@@H](C)CC/C=C\[C@@H]2C[C@@]2(C(=O)NS(=O)(=O)C2(C)CC2)NC(=O)[C@@H]2C[C@@H](Oc3ncc(OC)c4cc(N(C)C)ccc34)CN2C(=O)[C@H]1NC(=O)O. The number of rotatable bonds is 9. The number of methoxy groups -OCH3 is 1. The monoisotopic (exact) mass is 768 g/mol. The maximum Gasteiger partial charge on any atom is 0.405 e. The minimum Gasteiger partial charge on any atom is -0.494 e. The highest BCUT2D eigenvalue weighted by molar-refractivity contribution is 7.91. The maximum atomic E-state index is 14.6. The smallest absolute Gasteiger partial charge is 0.405 e. The lowest BCUT2D eigenvalue weighted by Crippen LogP contribution is -2.59. The molecule has 15 nitrogen and oxygen atoms in total. The minimum absolute atomic E-state index is 0.00409. The largest absolute Gasteiger partial charge is 0.494 e. The molecule has 4 amide bonds. The van der Waals surface area contributed by atoms with Crippen LogP contribution in [0.5, 0.6) is 11.6 Å². The van der Waals surface area contributed by atoms with Crippen molar-refractivity contribution in [2.24, 2.45) is 17.8 Å². The van der Waals surface area contributed by atoms with E-state index in [1.807, 2.05) is 56.3 Å². The lowest BCUT2D eigenvalue weighted by atomic mass is 9.85. The molecule has 7 atom stereocenters. The standard InChI is InChI=1S/C38H52N6O9S/c1-7-23-16-22(2)10-8-9-11-24-19-38(24,35(47)42-54(50,51)37(3)14-15-37)41-32(45)29-18-26(21-44(29)34(46)31(23)40-36(48)49)53-33-27-13-12-25(43(4)5)17-28(27)30(52-6)20-39-33/h9,11-13,17,20,22-24,26,29,31,40H,7-8,10,14-16,18-19,21H2,1-6H3,(H,41,45)(H,42,47)(H,48,49)/b11-9-/t22-,23+,24+,26+,29-,31-,38+/m0/s1. The zero-order valence-corrected chi connectivity index (χ0v) is 32.6. The number of nitrogens with zero attached hydrogens (tertiary/aromatic N) is 3. The summed E-state index contributed by atoms with van der Waals surface area (Å²) in [6, 6.07) is 3.40. The van der Waals surface area contributed by atoms with Crippen molar-refractivity contribution in [3.8, 4) is 11.6 Å². The molecule has 294 valence electrons. The summed E-state index contributed by atoms with van der Waals surface area (Å²) in [5, 5.41) is 16.6. The van der Waals surface area contributed by atoms with E-state index in [1.165, 1.54) is 4.90 Å². The first-order valence-electron chi connectivity index (χ1n) is 18.7. The quantitative estimate of drug-likeness (QED) is 0.272. The molecule has 6 rings (SSSR count). The number of carbonyl (C=O) groups is 4. The van der Waals surface area contributed by atoms with Crippen LogP contribution in [0.15, 0.2) is 36.5 Å². The summed E-state index contributed by atoms with van der Waals surface area (Å²) in [5.74, 6) is -1.96. The zero-order valence-electron chi connectivity index (χ0n) is 31.8. The topological polar surface area (TPSA) is 197 Å². The van der Waals surface area contributed by atoms with Crippen LogP contribution in [0.1, 0.15) is 72.1 Å². The fourth-order valence-electron chi connectivity index (χ4n) is 7.82. The number of sulfonamides is 1. The Morgan fingerprint density at radius 2 is 1.91 bits per heavy atom. The van der Waals surface area contributed by atoms with E-state index in [-0.39, 0.29) is 37.1 Å². The number of ether oxygens (including phenoxy) is 2. The molecule has 4 aliphatic rings. The molecule has 0 radical (unpaired) electrons. The van der Waals surface area contributed by atoms with Crippen molar-refractivity contribution in [3.05, 3.63) is 36.5 Å². The van der Waals surface area contributed by atoms with Gasteiger partial charge in [-0.2, -0.15) is 0 Å². The van der Waals surface area contributed by atoms with E-state index in [4.69, 9.17) is 9.47 Å². The van der Waals surface area contributed by atoms with E-state index in [0.717, 1.165) is 17.5 Å². The predicted molar refractivity (Wildman–Crippen MR) is 202 cm³/mol. The van der Waals surface area contributed by atoms with Crippen LogP contribution in [0.3, 0.4) is 0 Å². The number of fused-ring (bicyclic) bond motifs is 3. The van der Waals surface area contributed by atoms with Crippen molar-refractivity contribution >= 4 is 50.3 Å². The lowest BCUT2D eigenvalue weighted by Gasteiger charge is -2.33. The number of hydrogen-bond acceptors (Lipinski definition) is 10. The van der Waals surface area contributed by atoms with Gasteiger partial charge in [0.1, 0.15) is 29.5 Å². The van der Waals surface area contributed by atoms with Gasteiger partial charge in [0.15, 0.2) is 0 Å². The molecule has 0 unspecified atom stereocenters. The van der Waals surface area contributed by atoms with Gasteiger partial charge in [-0.15, -0.1) is 0 Å². The van der Waals surface area contributed by atoms with Gasteiger partial charge >= 0.3 is 6.09 Å². The van der Waals surface area contributed by atoms with Crippen molar-refractivity contribution in [2.75, 3.05) is 32.6 Å². The zero-order chi connectivity index (χ0) is 39.2. The Hall–Kier alpha value is -4.60. The van der Waals surface area contributed by atoms with Crippen molar-refractivity contribution in [2.45, 2.75) is 101 Å². The average molecular weight is 769 g/mol. The van der Waals surface area contributed by atoms with E-state index >= 15 is 0 Å². The molecule has 2 aliphatic heterocycles. The third kappa shape index (κ3) is 7.66. The van der Waals surface area contributed by atoms with Gasteiger partial charge in [0.05, 0.1) is 24.6 Å². The van der Waals surface area contributed by atoms with Crippen LogP contribution in [0.4, 0.5) is 10.5 Å². The van der Waals surface area contributed by atoms with Crippen LogP contribution in [0.2, 0.25) is 0 Å². The number of pyridine rings is 1. The second-order valence-electron chi connectivity index (χ2n) is 15.8. The summed E-state index contributed by atoms with van der Waals surface area (Å²) >= 11 is 0. The van der Waals surface area contributed by atoms with Crippen LogP contribution >= 0.6 is 0 Å². The Morgan fingerprint density at radius 1 is 1.17 bits per heavy atom. The molecule has 0 bridgehead atoms. The van der Waals surface area contributed by atoms with Crippen molar-refractivity contribution in [1.29, 1.82) is 0 Å². The Bertz CT molecular complexity index is 1950. The molecular weight excluding hydrogens is 717 g/mol. The first kappa shape index (κ1) is 39.1. The number of carboxylic acid groups (broad SMARTS) is 1. The first-order chi connectivity index (χ1) is 25.5. The van der Waals surface area contributed by atoms with E-state index < -0.39 is 68.2 Å². The molecule has 4 N–H and O–H groups in total. The normalized spacial score (nSPS) is 30.1. The van der Waals surface area contributed by atoms with Crippen LogP contribution < -0.4 is 29.7 Å². The van der Waals surface area contributed by atoms with Gasteiger partial charge in [0.25, 0.3) is 5.91 Å². The number of nitrogens with one attached hydrogen (secondary N) is 3. The third-order valence-corrected chi connectivity index (χ3v) is 13.9. The van der Waals surface area contributed by atoms with Crippen LogP contribution in [0.25, 0.3) is 10.8 Å². The van der Waals surface area contributed by atoms with Gasteiger partial charge in [0.2, 0.25) is 27.7 Å². The first-order valence-corrected chi connectivity index (χ1v) is 20.2. The van der Waals surface area contributed by atoms with Crippen LogP contribution in [-0.4, -0.2) is 103 Å². The Balaban J connectivity index is 1.36. The molecule has 1 aromatic carbocycles. The number of benzene rings is 1. The molecule has 3 fully saturated rings. The lowest BCUT2D eigenvalue weighted by molar-refractivity contribution is -0.142. The molecular formula is C38H52N6O9S. The fourth-order valence-corrected chi connectivity index (χ4v) is 9.13. The summed E-state index contributed by atoms with van der Waals surface area (Å²) < 4.78 is 39.6. The Kier molecular flexibility index (Phi) is 10.8. The van der Waals surface area contributed by atoms with Gasteiger partial charge in [-0.1, -0.05) is 32.4 Å². The van der Waals surface area contributed by atoms with E-state index in [1.54, 1.807) is 20.2 Å². The number of anilines is 1. The highest BCUT2D eigenvalue weighted by atomic mass is 32.2. The van der Waals surface area contributed by atoms with Crippen molar-refractivity contribution < 1.29 is 42.2 Å². The highest BCUT2D eigenvalue weighted by Crippen LogP contribution is 2.48. The molecule has 16 heteroatoms. The molecule has 54 heavy (non-hydrogen) atoms. The van der Waals surface area contributed by atoms with Gasteiger partial charge in [0, 0.05) is 42.9 Å². The second-order valence-corrected chi connectivity index (χ2v) is 18.0. The maximum absolute atomic E-state index is 14.6. The molecule has 0 spiro atoms. The number of amides is 4. The van der Waals surface area contributed by atoms with E-state index in [9.17, 15) is 32.7 Å². The number of hydrogen-bond donors (Lipinski definition) is 4. The summed E-state index contributed by atoms with van der Waals surface area (Å²) in [6.45, 7) is 5.47. The molecule has 3 heterocycles. The van der Waals surface area contributed by atoms with Crippen LogP contribution in [0, 0.1) is 17.8 Å². The van der Waals surface area contributed by atoms with Gasteiger partial charge in [-0.3, -0.25) is 19.1 Å². The molecule has 2 saturated carbocycles. The number of allylic oxidation sites excluding steroid dienone is 1. The van der Waals surface area contributed by atoms with E-state index in [2.05, 4.69) is 27.3 Å². The van der Waals surface area contributed by atoms with Crippen molar-refractivity contribution in [3.63, 3.8) is 0 Å². The predicted octanol–water partition coefficient (Wildman–Crippen LogP) is 3.57.